The highest BCUT2D eigenvalue weighted by Gasteiger charge is 2.15. The molecule has 0 spiro atoms. The Morgan fingerprint density at radius 1 is 1.00 bits per heavy atom. The zero-order chi connectivity index (χ0) is 15.2. The molecule has 112 valence electrons. The molecule has 2 heteroatoms. The van der Waals surface area contributed by atoms with E-state index in [9.17, 15) is 0 Å². The van der Waals surface area contributed by atoms with Gasteiger partial charge in [-0.2, -0.15) is 0 Å². The van der Waals surface area contributed by atoms with Crippen molar-refractivity contribution in [2.75, 3.05) is 0 Å². The molecule has 1 atom stereocenters. The van der Waals surface area contributed by atoms with E-state index in [4.69, 9.17) is 0 Å². The summed E-state index contributed by atoms with van der Waals surface area (Å²) in [6.45, 7) is 7.61. The van der Waals surface area contributed by atoms with Crippen LogP contribution in [0.4, 0.5) is 0 Å². The minimum atomic E-state index is 0.378. The Balaban J connectivity index is 2.10. The van der Waals surface area contributed by atoms with Crippen LogP contribution in [-0.2, 0) is 13.0 Å². The van der Waals surface area contributed by atoms with Crippen molar-refractivity contribution in [2.45, 2.75) is 39.8 Å². The number of rotatable bonds is 6. The van der Waals surface area contributed by atoms with E-state index in [0.29, 0.717) is 12.0 Å². The number of hydrogen-bond donors (Lipinski definition) is 1. The first-order valence-electron chi connectivity index (χ1n) is 7.67. The first-order valence-corrected chi connectivity index (χ1v) is 8.46. The van der Waals surface area contributed by atoms with Crippen LogP contribution in [0.25, 0.3) is 0 Å². The van der Waals surface area contributed by atoms with E-state index in [1.54, 1.807) is 0 Å². The normalized spacial score (nSPS) is 12.6. The topological polar surface area (TPSA) is 12.0 Å². The quantitative estimate of drug-likeness (QED) is 0.728. The molecule has 2 aromatic carbocycles. The standard InChI is InChI=1S/C19H24BrN/c1-4-15-9-11-16(12-10-15)19(14(2)3)21-13-17-7-5-6-8-18(17)20/h5-12,14,19,21H,4,13H2,1-3H3. The molecule has 0 saturated heterocycles. The minimum Gasteiger partial charge on any atom is -0.306 e. The van der Waals surface area contributed by atoms with Gasteiger partial charge in [0.05, 0.1) is 0 Å². The summed E-state index contributed by atoms with van der Waals surface area (Å²) in [5.41, 5.74) is 4.06. The van der Waals surface area contributed by atoms with E-state index in [0.717, 1.165) is 13.0 Å². The van der Waals surface area contributed by atoms with Gasteiger partial charge in [-0.3, -0.25) is 0 Å². The van der Waals surface area contributed by atoms with Crippen molar-refractivity contribution in [1.82, 2.24) is 5.32 Å². The highest BCUT2D eigenvalue weighted by molar-refractivity contribution is 9.10. The van der Waals surface area contributed by atoms with E-state index < -0.39 is 0 Å². The first-order chi connectivity index (χ1) is 10.1. The molecular weight excluding hydrogens is 322 g/mol. The summed E-state index contributed by atoms with van der Waals surface area (Å²) >= 11 is 3.62. The number of benzene rings is 2. The predicted molar refractivity (Wildman–Crippen MR) is 94.4 cm³/mol. The van der Waals surface area contributed by atoms with Crippen LogP contribution in [0.2, 0.25) is 0 Å². The second-order valence-electron chi connectivity index (χ2n) is 5.79. The van der Waals surface area contributed by atoms with Crippen LogP contribution in [0.1, 0.15) is 43.5 Å². The highest BCUT2D eigenvalue weighted by Crippen LogP contribution is 2.24. The Bertz CT molecular complexity index is 560. The average Bonchev–Trinajstić information content (AvgIpc) is 2.49. The van der Waals surface area contributed by atoms with E-state index in [1.165, 1.54) is 21.2 Å². The lowest BCUT2D eigenvalue weighted by atomic mass is 9.94. The largest absolute Gasteiger partial charge is 0.306 e. The Labute approximate surface area is 136 Å². The van der Waals surface area contributed by atoms with Gasteiger partial charge in [-0.15, -0.1) is 0 Å². The van der Waals surface area contributed by atoms with Crippen molar-refractivity contribution in [3.63, 3.8) is 0 Å². The first kappa shape index (κ1) is 16.3. The Morgan fingerprint density at radius 3 is 2.24 bits per heavy atom. The molecule has 1 N–H and O–H groups in total. The third kappa shape index (κ3) is 4.42. The second-order valence-corrected chi connectivity index (χ2v) is 6.64. The van der Waals surface area contributed by atoms with E-state index in [1.807, 2.05) is 0 Å². The van der Waals surface area contributed by atoms with Crippen molar-refractivity contribution in [2.24, 2.45) is 5.92 Å². The summed E-state index contributed by atoms with van der Waals surface area (Å²) in [6, 6.07) is 17.8. The zero-order valence-electron chi connectivity index (χ0n) is 13.1. The summed E-state index contributed by atoms with van der Waals surface area (Å²) in [5.74, 6) is 0.556. The van der Waals surface area contributed by atoms with Gasteiger partial charge in [0.15, 0.2) is 0 Å². The smallest absolute Gasteiger partial charge is 0.0346 e. The molecule has 0 amide bonds. The Hall–Kier alpha value is -1.12. The fourth-order valence-electron chi connectivity index (χ4n) is 2.56. The van der Waals surface area contributed by atoms with Gasteiger partial charge in [-0.25, -0.2) is 0 Å². The molecule has 0 fully saturated rings. The number of hydrogen-bond acceptors (Lipinski definition) is 1. The van der Waals surface area contributed by atoms with E-state index in [2.05, 4.69) is 90.5 Å². The molecule has 0 bridgehead atoms. The molecule has 1 unspecified atom stereocenters. The van der Waals surface area contributed by atoms with Crippen molar-refractivity contribution in [1.29, 1.82) is 0 Å². The van der Waals surface area contributed by atoms with Gasteiger partial charge in [-0.05, 0) is 35.1 Å². The van der Waals surface area contributed by atoms with E-state index in [-0.39, 0.29) is 0 Å². The SMILES string of the molecule is CCc1ccc(C(NCc2ccccc2Br)C(C)C)cc1. The van der Waals surface area contributed by atoms with Gasteiger partial charge >= 0.3 is 0 Å². The van der Waals surface area contributed by atoms with Crippen LogP contribution in [-0.4, -0.2) is 0 Å². The van der Waals surface area contributed by atoms with E-state index >= 15 is 0 Å². The lowest BCUT2D eigenvalue weighted by Gasteiger charge is -2.23. The maximum Gasteiger partial charge on any atom is 0.0346 e. The average molecular weight is 346 g/mol. The lowest BCUT2D eigenvalue weighted by molar-refractivity contribution is 0.410. The monoisotopic (exact) mass is 345 g/mol. The predicted octanol–water partition coefficient (Wildman–Crippen LogP) is 5.50. The molecule has 0 heterocycles. The number of nitrogens with one attached hydrogen (secondary N) is 1. The summed E-state index contributed by atoms with van der Waals surface area (Å²) in [7, 11) is 0. The van der Waals surface area contributed by atoms with Gasteiger partial charge in [-0.1, -0.05) is 79.2 Å². The molecule has 0 aliphatic heterocycles. The molecule has 2 rings (SSSR count). The van der Waals surface area contributed by atoms with Crippen LogP contribution >= 0.6 is 15.9 Å². The maximum absolute atomic E-state index is 3.70. The highest BCUT2D eigenvalue weighted by atomic mass is 79.9. The van der Waals surface area contributed by atoms with Crippen LogP contribution in [0.3, 0.4) is 0 Å². The Kier molecular flexibility index (Phi) is 6.01. The van der Waals surface area contributed by atoms with Gasteiger partial charge in [0.25, 0.3) is 0 Å². The fourth-order valence-corrected chi connectivity index (χ4v) is 2.99. The third-order valence-corrected chi connectivity index (χ3v) is 4.66. The summed E-state index contributed by atoms with van der Waals surface area (Å²) in [4.78, 5) is 0. The fraction of sp³-hybridized carbons (Fsp3) is 0.368. The van der Waals surface area contributed by atoms with Crippen LogP contribution in [0, 0.1) is 5.92 Å². The lowest BCUT2D eigenvalue weighted by Crippen LogP contribution is -2.25. The van der Waals surface area contributed by atoms with Crippen LogP contribution < -0.4 is 5.32 Å². The van der Waals surface area contributed by atoms with Crippen LogP contribution in [0.5, 0.6) is 0 Å². The molecule has 0 aliphatic carbocycles. The molecule has 1 nitrogen and oxygen atoms in total. The van der Waals surface area contributed by atoms with Crippen LogP contribution in [0.15, 0.2) is 53.0 Å². The van der Waals surface area contributed by atoms with Crippen molar-refractivity contribution in [3.05, 3.63) is 69.7 Å². The van der Waals surface area contributed by atoms with Crippen molar-refractivity contribution >= 4 is 15.9 Å². The second kappa shape index (κ2) is 7.77. The zero-order valence-corrected chi connectivity index (χ0v) is 14.7. The molecular formula is C19H24BrN. The molecule has 2 aromatic rings. The molecule has 0 saturated carbocycles. The minimum absolute atomic E-state index is 0.378. The van der Waals surface area contributed by atoms with Gasteiger partial charge in [0.1, 0.15) is 0 Å². The summed E-state index contributed by atoms with van der Waals surface area (Å²) in [5, 5.41) is 3.70. The maximum atomic E-state index is 3.70. The summed E-state index contributed by atoms with van der Waals surface area (Å²) < 4.78 is 1.17. The van der Waals surface area contributed by atoms with Crippen molar-refractivity contribution in [3.8, 4) is 0 Å². The Morgan fingerprint density at radius 2 is 1.67 bits per heavy atom. The molecule has 21 heavy (non-hydrogen) atoms. The van der Waals surface area contributed by atoms with Gasteiger partial charge in [0.2, 0.25) is 0 Å². The number of halogens is 1. The van der Waals surface area contributed by atoms with Crippen molar-refractivity contribution < 1.29 is 0 Å². The van der Waals surface area contributed by atoms with Gasteiger partial charge in [0, 0.05) is 17.1 Å². The number of aryl methyl sites for hydroxylation is 1. The third-order valence-electron chi connectivity index (χ3n) is 3.88. The molecule has 0 aliphatic rings. The van der Waals surface area contributed by atoms with Gasteiger partial charge < -0.3 is 5.32 Å². The molecule has 0 radical (unpaired) electrons. The molecule has 0 aromatic heterocycles. The summed E-state index contributed by atoms with van der Waals surface area (Å²) in [6.07, 6.45) is 1.09.